The number of esters is 1. The summed E-state index contributed by atoms with van der Waals surface area (Å²) in [5.74, 6) is 0.300. The van der Waals surface area contributed by atoms with E-state index in [9.17, 15) is 9.59 Å². The van der Waals surface area contributed by atoms with Gasteiger partial charge >= 0.3 is 12.1 Å². The average Bonchev–Trinajstić information content (AvgIpc) is 3.52. The van der Waals surface area contributed by atoms with E-state index >= 15 is 0 Å². The molecule has 0 aromatic heterocycles. The third-order valence-electron chi connectivity index (χ3n) is 7.63. The number of hydrogen-bond donors (Lipinski definition) is 0. The van der Waals surface area contributed by atoms with E-state index in [1.807, 2.05) is 60.7 Å². The van der Waals surface area contributed by atoms with Crippen LogP contribution in [-0.4, -0.2) is 57.2 Å². The molecule has 3 aromatic rings. The van der Waals surface area contributed by atoms with Crippen LogP contribution in [-0.2, 0) is 25.2 Å². The number of amides is 1. The van der Waals surface area contributed by atoms with Crippen molar-refractivity contribution < 1.29 is 28.2 Å². The van der Waals surface area contributed by atoms with Gasteiger partial charge in [0.05, 0.1) is 13.7 Å². The molecule has 0 spiro atoms. The Balaban J connectivity index is 1.49. The van der Waals surface area contributed by atoms with E-state index in [1.54, 1.807) is 18.1 Å². The summed E-state index contributed by atoms with van der Waals surface area (Å²) < 4.78 is 23.9. The van der Waals surface area contributed by atoms with Crippen molar-refractivity contribution in [3.63, 3.8) is 0 Å². The van der Waals surface area contributed by atoms with Gasteiger partial charge in [0.25, 0.3) is 8.32 Å². The third-order valence-corrected chi connectivity index (χ3v) is 12.6. The third kappa shape index (κ3) is 5.29. The molecule has 0 bridgehead atoms. The zero-order chi connectivity index (χ0) is 28.3. The Hall–Kier alpha value is -3.88. The molecule has 40 heavy (non-hydrogen) atoms. The lowest BCUT2D eigenvalue weighted by Gasteiger charge is -2.43. The number of carbonyl (C=O) groups is 2. The van der Waals surface area contributed by atoms with Crippen LogP contribution in [0.2, 0.25) is 5.04 Å². The fourth-order valence-electron chi connectivity index (χ4n) is 5.75. The number of nitrogens with zero attached hydrogens (tertiary/aromatic N) is 1. The number of ether oxygens (including phenoxy) is 3. The van der Waals surface area contributed by atoms with E-state index in [2.05, 4.69) is 45.0 Å². The predicted octanol–water partition coefficient (Wildman–Crippen LogP) is 4.44. The molecule has 2 aliphatic heterocycles. The van der Waals surface area contributed by atoms with Gasteiger partial charge in [0.1, 0.15) is 17.9 Å². The predicted molar refractivity (Wildman–Crippen MR) is 155 cm³/mol. The molecule has 208 valence electrons. The highest BCUT2D eigenvalue weighted by molar-refractivity contribution is 6.99. The SMILES string of the molecule is COc1ccc(CN2C(=O)O[C@H](CO[Si](c3ccccc3)(c3ccccc3)C(C)(C)C)[C@@H]2[C@@H]2C=CC(=O)O2)cc1. The molecule has 1 amide bonds. The maximum Gasteiger partial charge on any atom is 0.411 e. The summed E-state index contributed by atoms with van der Waals surface area (Å²) in [5, 5.41) is 2.03. The molecule has 0 saturated carbocycles. The molecule has 5 rings (SSSR count). The van der Waals surface area contributed by atoms with Crippen LogP contribution >= 0.6 is 0 Å². The maximum absolute atomic E-state index is 13.3. The second-order valence-corrected chi connectivity index (χ2v) is 15.4. The molecule has 0 radical (unpaired) electrons. The first-order chi connectivity index (χ1) is 19.2. The molecule has 1 fully saturated rings. The van der Waals surface area contributed by atoms with Crippen molar-refractivity contribution in [2.24, 2.45) is 0 Å². The fraction of sp³-hybridized carbons (Fsp3) is 0.312. The van der Waals surface area contributed by atoms with Crippen LogP contribution in [0.25, 0.3) is 0 Å². The largest absolute Gasteiger partial charge is 0.497 e. The van der Waals surface area contributed by atoms with Crippen molar-refractivity contribution in [3.05, 3.63) is 103 Å². The summed E-state index contributed by atoms with van der Waals surface area (Å²) in [6.07, 6.45) is 1.36. The Bertz CT molecular complexity index is 1310. The van der Waals surface area contributed by atoms with Crippen molar-refractivity contribution in [1.82, 2.24) is 4.90 Å². The number of carbonyl (C=O) groups excluding carboxylic acids is 2. The van der Waals surface area contributed by atoms with Crippen LogP contribution in [0.15, 0.2) is 97.1 Å². The average molecular weight is 558 g/mol. The Morgan fingerprint density at radius 1 is 0.850 bits per heavy atom. The Morgan fingerprint density at radius 3 is 1.95 bits per heavy atom. The van der Waals surface area contributed by atoms with Crippen molar-refractivity contribution in [2.45, 2.75) is 50.6 Å². The van der Waals surface area contributed by atoms with E-state index in [1.165, 1.54) is 6.08 Å². The zero-order valence-electron chi connectivity index (χ0n) is 23.3. The Kier molecular flexibility index (Phi) is 7.83. The minimum absolute atomic E-state index is 0.157. The van der Waals surface area contributed by atoms with Gasteiger partial charge in [-0.25, -0.2) is 9.59 Å². The Labute approximate surface area is 236 Å². The van der Waals surface area contributed by atoms with Crippen LogP contribution in [0.3, 0.4) is 0 Å². The highest BCUT2D eigenvalue weighted by atomic mass is 28.4. The van der Waals surface area contributed by atoms with Crippen LogP contribution in [0.4, 0.5) is 4.79 Å². The van der Waals surface area contributed by atoms with Gasteiger partial charge in [-0.05, 0) is 39.2 Å². The van der Waals surface area contributed by atoms with E-state index in [-0.39, 0.29) is 11.6 Å². The number of cyclic esters (lactones) is 2. The summed E-state index contributed by atoms with van der Waals surface area (Å²) >= 11 is 0. The van der Waals surface area contributed by atoms with E-state index in [0.29, 0.717) is 6.54 Å². The number of benzene rings is 3. The van der Waals surface area contributed by atoms with Gasteiger partial charge in [-0.3, -0.25) is 4.90 Å². The van der Waals surface area contributed by atoms with Gasteiger partial charge in [-0.2, -0.15) is 0 Å². The lowest BCUT2D eigenvalue weighted by molar-refractivity contribution is -0.141. The smallest absolute Gasteiger partial charge is 0.411 e. The molecule has 2 aliphatic rings. The van der Waals surface area contributed by atoms with Gasteiger partial charge in [0, 0.05) is 12.6 Å². The summed E-state index contributed by atoms with van der Waals surface area (Å²) in [6, 6.07) is 27.6. The molecule has 3 atom stereocenters. The Morgan fingerprint density at radius 2 is 1.45 bits per heavy atom. The molecule has 0 aliphatic carbocycles. The quantitative estimate of drug-likeness (QED) is 0.286. The monoisotopic (exact) mass is 557 g/mol. The maximum atomic E-state index is 13.3. The van der Waals surface area contributed by atoms with Crippen molar-refractivity contribution in [2.75, 3.05) is 13.7 Å². The molecule has 7 nitrogen and oxygen atoms in total. The number of hydrogen-bond acceptors (Lipinski definition) is 6. The van der Waals surface area contributed by atoms with Crippen molar-refractivity contribution in [1.29, 1.82) is 0 Å². The second-order valence-electron chi connectivity index (χ2n) is 11.1. The van der Waals surface area contributed by atoms with E-state index in [0.717, 1.165) is 21.7 Å². The summed E-state index contributed by atoms with van der Waals surface area (Å²) in [6.45, 7) is 7.06. The summed E-state index contributed by atoms with van der Waals surface area (Å²) in [7, 11) is -1.27. The molecule has 3 aromatic carbocycles. The molecular weight excluding hydrogens is 522 g/mol. The molecular formula is C32H35NO6Si. The standard InChI is InChI=1S/C32H35NO6Si/c1-32(2,3)40(25-11-7-5-8-12-25,26-13-9-6-10-14-26)37-22-28-30(27-19-20-29(34)38-27)33(31(35)39-28)21-23-15-17-24(36-4)18-16-23/h5-20,27-28,30H,21-22H2,1-4H3/t27-,28+,30-/m0/s1. The molecule has 0 N–H and O–H groups in total. The molecule has 2 heterocycles. The number of methoxy groups -OCH3 is 1. The fourth-order valence-corrected chi connectivity index (χ4v) is 10.3. The van der Waals surface area contributed by atoms with Crippen LogP contribution < -0.4 is 15.1 Å². The van der Waals surface area contributed by atoms with E-state index in [4.69, 9.17) is 18.6 Å². The summed E-state index contributed by atoms with van der Waals surface area (Å²) in [5.41, 5.74) is 0.907. The minimum atomic E-state index is -2.88. The van der Waals surface area contributed by atoms with Gasteiger partial charge in [0.2, 0.25) is 0 Å². The van der Waals surface area contributed by atoms with Crippen LogP contribution in [0.1, 0.15) is 26.3 Å². The van der Waals surface area contributed by atoms with Gasteiger partial charge in [-0.1, -0.05) is 93.6 Å². The molecule has 0 unspecified atom stereocenters. The highest BCUT2D eigenvalue weighted by Gasteiger charge is 2.53. The molecule has 1 saturated heterocycles. The zero-order valence-corrected chi connectivity index (χ0v) is 24.3. The van der Waals surface area contributed by atoms with Crippen molar-refractivity contribution >= 4 is 30.8 Å². The van der Waals surface area contributed by atoms with Gasteiger partial charge in [-0.15, -0.1) is 0 Å². The minimum Gasteiger partial charge on any atom is -0.497 e. The second kappa shape index (κ2) is 11.3. The first-order valence-corrected chi connectivity index (χ1v) is 15.4. The van der Waals surface area contributed by atoms with Crippen molar-refractivity contribution in [3.8, 4) is 5.75 Å². The van der Waals surface area contributed by atoms with Crippen LogP contribution in [0.5, 0.6) is 5.75 Å². The van der Waals surface area contributed by atoms with Crippen LogP contribution in [0, 0.1) is 0 Å². The lowest BCUT2D eigenvalue weighted by Crippen LogP contribution is -2.67. The van der Waals surface area contributed by atoms with E-state index < -0.39 is 38.6 Å². The topological polar surface area (TPSA) is 74.3 Å². The highest BCUT2D eigenvalue weighted by Crippen LogP contribution is 2.38. The summed E-state index contributed by atoms with van der Waals surface area (Å²) in [4.78, 5) is 27.0. The molecule has 8 heteroatoms. The number of rotatable bonds is 9. The normalized spacial score (nSPS) is 20.9. The van der Waals surface area contributed by atoms with Gasteiger partial charge in [0.15, 0.2) is 6.10 Å². The first kappa shape index (κ1) is 27.7. The lowest BCUT2D eigenvalue weighted by atomic mass is 10.0. The van der Waals surface area contributed by atoms with Gasteiger partial charge < -0.3 is 18.6 Å². The first-order valence-electron chi connectivity index (χ1n) is 13.5.